The molecule has 0 unspecified atom stereocenters. The van der Waals surface area contributed by atoms with E-state index in [9.17, 15) is 4.79 Å². The van der Waals surface area contributed by atoms with Crippen molar-refractivity contribution in [3.8, 4) is 5.75 Å². The topological polar surface area (TPSA) is 26.3 Å². The number of rotatable bonds is 1. The third-order valence-electron chi connectivity index (χ3n) is 3.08. The Bertz CT molecular complexity index is 620. The second-order valence-electron chi connectivity index (χ2n) is 4.14. The second kappa shape index (κ2) is 4.50. The Kier molecular flexibility index (Phi) is 2.84. The number of hydrogen-bond acceptors (Lipinski definition) is 3. The molecule has 90 valence electrons. The Morgan fingerprint density at radius 1 is 1.11 bits per heavy atom. The maximum absolute atomic E-state index is 12.5. The summed E-state index contributed by atoms with van der Waals surface area (Å²) in [4.78, 5) is 13.6. The van der Waals surface area contributed by atoms with Crippen LogP contribution >= 0.6 is 11.8 Å². The van der Waals surface area contributed by atoms with Crippen LogP contribution in [-0.4, -0.2) is 12.9 Å². The van der Waals surface area contributed by atoms with Gasteiger partial charge in [0.1, 0.15) is 5.75 Å². The van der Waals surface area contributed by atoms with E-state index in [1.165, 1.54) is 0 Å². The molecule has 0 aromatic heterocycles. The molecule has 3 heteroatoms. The number of thioether (sulfide) groups is 1. The Morgan fingerprint density at radius 2 is 1.94 bits per heavy atom. The lowest BCUT2D eigenvalue weighted by atomic mass is 9.99. The first-order valence-corrected chi connectivity index (χ1v) is 6.71. The van der Waals surface area contributed by atoms with Gasteiger partial charge in [-0.1, -0.05) is 24.3 Å². The van der Waals surface area contributed by atoms with E-state index in [1.807, 2.05) is 42.5 Å². The van der Waals surface area contributed by atoms with Crippen molar-refractivity contribution in [1.82, 2.24) is 0 Å². The van der Waals surface area contributed by atoms with Crippen molar-refractivity contribution in [3.63, 3.8) is 0 Å². The van der Waals surface area contributed by atoms with Gasteiger partial charge < -0.3 is 4.74 Å². The maximum Gasteiger partial charge on any atom is 0.194 e. The molecule has 0 saturated carbocycles. The highest BCUT2D eigenvalue weighted by Gasteiger charge is 2.21. The molecule has 1 aliphatic rings. The minimum Gasteiger partial charge on any atom is -0.497 e. The minimum absolute atomic E-state index is 0.0875. The van der Waals surface area contributed by atoms with Gasteiger partial charge in [0, 0.05) is 21.8 Å². The zero-order valence-corrected chi connectivity index (χ0v) is 10.8. The lowest BCUT2D eigenvalue weighted by Crippen LogP contribution is -2.03. The molecule has 0 bridgehead atoms. The zero-order chi connectivity index (χ0) is 12.5. The van der Waals surface area contributed by atoms with Gasteiger partial charge in [0.15, 0.2) is 5.78 Å². The Labute approximate surface area is 110 Å². The summed E-state index contributed by atoms with van der Waals surface area (Å²) < 4.78 is 5.20. The molecular weight excluding hydrogens is 244 g/mol. The molecule has 0 fully saturated rings. The first-order valence-electron chi connectivity index (χ1n) is 5.73. The summed E-state index contributed by atoms with van der Waals surface area (Å²) in [6.45, 7) is 0. The molecule has 3 rings (SSSR count). The average molecular weight is 256 g/mol. The van der Waals surface area contributed by atoms with Crippen LogP contribution in [0.5, 0.6) is 5.75 Å². The van der Waals surface area contributed by atoms with E-state index in [2.05, 4.69) is 0 Å². The molecule has 18 heavy (non-hydrogen) atoms. The third-order valence-corrected chi connectivity index (χ3v) is 4.20. The summed E-state index contributed by atoms with van der Waals surface area (Å²) in [5.74, 6) is 1.65. The molecule has 1 aliphatic heterocycles. The number of carbonyl (C=O) groups excluding carboxylic acids is 1. The monoisotopic (exact) mass is 256 g/mol. The second-order valence-corrected chi connectivity index (χ2v) is 5.15. The van der Waals surface area contributed by atoms with Gasteiger partial charge in [0.05, 0.1) is 7.11 Å². The molecule has 0 aliphatic carbocycles. The summed E-state index contributed by atoms with van der Waals surface area (Å²) in [6, 6.07) is 13.5. The third kappa shape index (κ3) is 1.81. The van der Waals surface area contributed by atoms with Crippen LogP contribution in [0.25, 0.3) is 0 Å². The number of benzene rings is 2. The van der Waals surface area contributed by atoms with Gasteiger partial charge in [-0.25, -0.2) is 0 Å². The van der Waals surface area contributed by atoms with Gasteiger partial charge in [-0.15, -0.1) is 11.8 Å². The van der Waals surface area contributed by atoms with E-state index < -0.39 is 0 Å². The normalized spacial score (nSPS) is 13.5. The van der Waals surface area contributed by atoms with E-state index in [4.69, 9.17) is 4.74 Å². The Morgan fingerprint density at radius 3 is 2.78 bits per heavy atom. The summed E-state index contributed by atoms with van der Waals surface area (Å²) in [7, 11) is 1.62. The summed E-state index contributed by atoms with van der Waals surface area (Å²) in [5, 5.41) is 0. The number of ketones is 1. The van der Waals surface area contributed by atoms with Gasteiger partial charge in [0.25, 0.3) is 0 Å². The average Bonchev–Trinajstić information content (AvgIpc) is 2.57. The van der Waals surface area contributed by atoms with Crippen molar-refractivity contribution < 1.29 is 9.53 Å². The van der Waals surface area contributed by atoms with Gasteiger partial charge in [-0.2, -0.15) is 0 Å². The van der Waals surface area contributed by atoms with Crippen LogP contribution in [0, 0.1) is 0 Å². The summed E-state index contributed by atoms with van der Waals surface area (Å²) in [6.07, 6.45) is 0. The lowest BCUT2D eigenvalue weighted by Gasteiger charge is -2.06. The van der Waals surface area contributed by atoms with Crippen LogP contribution in [-0.2, 0) is 5.75 Å². The highest BCUT2D eigenvalue weighted by molar-refractivity contribution is 7.98. The first kappa shape index (κ1) is 11.4. The molecule has 0 atom stereocenters. The van der Waals surface area contributed by atoms with Crippen LogP contribution in [0.15, 0.2) is 47.4 Å². The fourth-order valence-electron chi connectivity index (χ4n) is 2.11. The quantitative estimate of drug-likeness (QED) is 0.780. The summed E-state index contributed by atoms with van der Waals surface area (Å²) in [5.41, 5.74) is 2.64. The van der Waals surface area contributed by atoms with Gasteiger partial charge >= 0.3 is 0 Å². The Hall–Kier alpha value is -1.74. The molecule has 2 nitrogen and oxygen atoms in total. The van der Waals surface area contributed by atoms with E-state index in [0.29, 0.717) is 0 Å². The molecule has 0 N–H and O–H groups in total. The van der Waals surface area contributed by atoms with Crippen molar-refractivity contribution in [2.45, 2.75) is 10.6 Å². The standard InChI is InChI=1S/C15H12O2S/c1-17-11-6-7-14-13(8-11)15(16)12-5-3-2-4-10(12)9-18-14/h2-8H,9H2,1H3. The van der Waals surface area contributed by atoms with Crippen LogP contribution in [0.2, 0.25) is 0 Å². The zero-order valence-electron chi connectivity index (χ0n) is 9.97. The number of ether oxygens (including phenoxy) is 1. The molecule has 2 aromatic rings. The van der Waals surface area contributed by atoms with E-state index >= 15 is 0 Å². The highest BCUT2D eigenvalue weighted by atomic mass is 32.2. The molecule has 0 radical (unpaired) electrons. The molecule has 1 heterocycles. The van der Waals surface area contributed by atoms with E-state index in [0.717, 1.165) is 33.1 Å². The van der Waals surface area contributed by atoms with Gasteiger partial charge in [-0.05, 0) is 23.8 Å². The number of methoxy groups -OCH3 is 1. The minimum atomic E-state index is 0.0875. The molecule has 0 amide bonds. The molecule has 2 aromatic carbocycles. The smallest absolute Gasteiger partial charge is 0.194 e. The first-order chi connectivity index (χ1) is 8.79. The SMILES string of the molecule is COc1ccc2c(c1)C(=O)c1ccccc1CS2. The fraction of sp³-hybridized carbons (Fsp3) is 0.133. The van der Waals surface area contributed by atoms with Crippen LogP contribution in [0.1, 0.15) is 21.5 Å². The fourth-order valence-corrected chi connectivity index (χ4v) is 3.14. The molecule has 0 spiro atoms. The van der Waals surface area contributed by atoms with E-state index in [1.54, 1.807) is 18.9 Å². The lowest BCUT2D eigenvalue weighted by molar-refractivity contribution is 0.103. The number of fused-ring (bicyclic) bond motifs is 2. The maximum atomic E-state index is 12.5. The van der Waals surface area contributed by atoms with Crippen LogP contribution < -0.4 is 4.74 Å². The predicted molar refractivity (Wildman–Crippen MR) is 72.4 cm³/mol. The van der Waals surface area contributed by atoms with Crippen molar-refractivity contribution in [2.24, 2.45) is 0 Å². The largest absolute Gasteiger partial charge is 0.497 e. The van der Waals surface area contributed by atoms with Crippen LogP contribution in [0.4, 0.5) is 0 Å². The molecule has 0 saturated heterocycles. The predicted octanol–water partition coefficient (Wildman–Crippen LogP) is 3.53. The number of hydrogen-bond donors (Lipinski definition) is 0. The van der Waals surface area contributed by atoms with Gasteiger partial charge in [-0.3, -0.25) is 4.79 Å². The van der Waals surface area contributed by atoms with Gasteiger partial charge in [0.2, 0.25) is 0 Å². The highest BCUT2D eigenvalue weighted by Crippen LogP contribution is 2.35. The van der Waals surface area contributed by atoms with Crippen molar-refractivity contribution >= 4 is 17.5 Å². The van der Waals surface area contributed by atoms with Crippen molar-refractivity contribution in [3.05, 3.63) is 59.2 Å². The van der Waals surface area contributed by atoms with Crippen molar-refractivity contribution in [2.75, 3.05) is 7.11 Å². The number of carbonyl (C=O) groups is 1. The van der Waals surface area contributed by atoms with E-state index in [-0.39, 0.29) is 5.78 Å². The molecular formula is C15H12O2S. The van der Waals surface area contributed by atoms with Crippen LogP contribution in [0.3, 0.4) is 0 Å². The Balaban J connectivity index is 2.17. The summed E-state index contributed by atoms with van der Waals surface area (Å²) >= 11 is 1.70. The van der Waals surface area contributed by atoms with Crippen molar-refractivity contribution in [1.29, 1.82) is 0 Å².